The summed E-state index contributed by atoms with van der Waals surface area (Å²) < 4.78 is 0. The van der Waals surface area contributed by atoms with Crippen molar-refractivity contribution >= 4 is 39.9 Å². The fraction of sp³-hybridized carbons (Fsp3) is 0.174. The number of hydrogen-bond donors (Lipinski definition) is 1. The van der Waals surface area contributed by atoms with Gasteiger partial charge >= 0.3 is 5.97 Å². The van der Waals surface area contributed by atoms with E-state index in [2.05, 4.69) is 9.80 Å². The first-order chi connectivity index (χ1) is 14.4. The number of fused-ring (bicyclic) bond motifs is 2. The molecule has 7 nitrogen and oxygen atoms in total. The Hall–Kier alpha value is -3.71. The number of nitrogens with zero attached hydrogens (tertiary/aromatic N) is 3. The van der Waals surface area contributed by atoms with Gasteiger partial charge in [0.25, 0.3) is 11.8 Å². The highest BCUT2D eigenvalue weighted by atomic mass is 16.4. The molecule has 2 amide bonds. The molecule has 0 fully saturated rings. The minimum atomic E-state index is -1.06. The Morgan fingerprint density at radius 3 is 2.37 bits per heavy atom. The molecular formula is C23H19N3O4. The molecule has 0 aliphatic carbocycles. The maximum atomic E-state index is 13.4. The van der Waals surface area contributed by atoms with E-state index in [1.54, 1.807) is 6.07 Å². The number of aromatic carboxylic acids is 1. The van der Waals surface area contributed by atoms with E-state index < -0.39 is 17.8 Å². The number of carboxylic acid groups (broad SMARTS) is 1. The van der Waals surface area contributed by atoms with Gasteiger partial charge in [-0.05, 0) is 49.0 Å². The van der Waals surface area contributed by atoms with Gasteiger partial charge in [0.15, 0.2) is 0 Å². The van der Waals surface area contributed by atoms with Crippen molar-refractivity contribution in [2.75, 3.05) is 30.6 Å². The fourth-order valence-electron chi connectivity index (χ4n) is 4.54. The fourth-order valence-corrected chi connectivity index (χ4v) is 4.54. The summed E-state index contributed by atoms with van der Waals surface area (Å²) in [6.07, 6.45) is 0. The molecule has 0 unspecified atom stereocenters. The van der Waals surface area contributed by atoms with Crippen LogP contribution in [-0.2, 0) is 6.54 Å². The van der Waals surface area contributed by atoms with Crippen LogP contribution in [0.15, 0.2) is 48.5 Å². The molecule has 0 atom stereocenters. The zero-order valence-electron chi connectivity index (χ0n) is 16.5. The van der Waals surface area contributed by atoms with Crippen LogP contribution in [0, 0.1) is 0 Å². The molecule has 0 aromatic heterocycles. The molecule has 5 rings (SSSR count). The Balaban J connectivity index is 1.72. The van der Waals surface area contributed by atoms with Crippen molar-refractivity contribution in [1.82, 2.24) is 4.90 Å². The molecule has 2 heterocycles. The van der Waals surface area contributed by atoms with Gasteiger partial charge in [0.1, 0.15) is 0 Å². The van der Waals surface area contributed by atoms with E-state index in [0.29, 0.717) is 28.7 Å². The lowest BCUT2D eigenvalue weighted by atomic mass is 9.89. The van der Waals surface area contributed by atoms with E-state index in [9.17, 15) is 14.4 Å². The van der Waals surface area contributed by atoms with Gasteiger partial charge in [-0.25, -0.2) is 9.69 Å². The Bertz CT molecular complexity index is 1250. The van der Waals surface area contributed by atoms with Crippen LogP contribution in [0.5, 0.6) is 0 Å². The number of imide groups is 1. The second-order valence-electron chi connectivity index (χ2n) is 7.81. The van der Waals surface area contributed by atoms with E-state index in [-0.39, 0.29) is 5.56 Å². The highest BCUT2D eigenvalue weighted by molar-refractivity contribution is 6.36. The van der Waals surface area contributed by atoms with Crippen LogP contribution in [0.3, 0.4) is 0 Å². The number of carbonyl (C=O) groups is 3. The lowest BCUT2D eigenvalue weighted by Crippen LogP contribution is -2.42. The summed E-state index contributed by atoms with van der Waals surface area (Å²) in [7, 11) is 4.03. The molecule has 0 saturated heterocycles. The van der Waals surface area contributed by atoms with E-state index in [4.69, 9.17) is 5.11 Å². The largest absolute Gasteiger partial charge is 0.478 e. The van der Waals surface area contributed by atoms with Crippen LogP contribution in [0.2, 0.25) is 0 Å². The predicted octanol–water partition coefficient (Wildman–Crippen LogP) is 3.18. The molecule has 150 valence electrons. The number of hydrogen-bond acceptors (Lipinski definition) is 5. The summed E-state index contributed by atoms with van der Waals surface area (Å²) in [4.78, 5) is 43.3. The minimum absolute atomic E-state index is 0.0957. The van der Waals surface area contributed by atoms with E-state index >= 15 is 0 Å². The average molecular weight is 401 g/mol. The summed E-state index contributed by atoms with van der Waals surface area (Å²) in [6, 6.07) is 13.2. The summed E-state index contributed by atoms with van der Waals surface area (Å²) >= 11 is 0. The molecule has 3 aromatic carbocycles. The molecule has 0 bridgehead atoms. The molecule has 2 aliphatic heterocycles. The normalized spacial score (nSPS) is 16.2. The number of carboxylic acids is 1. The molecule has 3 aromatic rings. The maximum absolute atomic E-state index is 13.4. The van der Waals surface area contributed by atoms with Crippen molar-refractivity contribution in [2.24, 2.45) is 0 Å². The van der Waals surface area contributed by atoms with E-state index in [1.165, 1.54) is 24.3 Å². The maximum Gasteiger partial charge on any atom is 0.335 e. The minimum Gasteiger partial charge on any atom is -0.478 e. The molecule has 2 aliphatic rings. The topological polar surface area (TPSA) is 81.2 Å². The molecular weight excluding hydrogens is 382 g/mol. The highest BCUT2D eigenvalue weighted by Gasteiger charge is 2.36. The van der Waals surface area contributed by atoms with Crippen molar-refractivity contribution in [3.63, 3.8) is 0 Å². The summed E-state index contributed by atoms with van der Waals surface area (Å²) in [5.41, 5.74) is 3.50. The quantitative estimate of drug-likeness (QED) is 0.665. The SMILES string of the molecule is CN1Cc2cc3c4c(cccc4c2N(C)C1)C(=O)N(c1ccc(C(=O)O)cc1)C3=O. The zero-order valence-corrected chi connectivity index (χ0v) is 16.5. The van der Waals surface area contributed by atoms with Gasteiger partial charge in [-0.3, -0.25) is 14.5 Å². The molecule has 1 N–H and O–H groups in total. The standard InChI is InChI=1S/C23H19N3O4/c1-24-11-14-10-18-19-16(20(14)25(2)12-24)4-3-5-17(19)21(27)26(22(18)28)15-8-6-13(7-9-15)23(29)30/h3-10H,11-12H2,1-2H3,(H,29,30). The lowest BCUT2D eigenvalue weighted by Gasteiger charge is -2.37. The summed E-state index contributed by atoms with van der Waals surface area (Å²) in [5.74, 6) is -1.87. The number of rotatable bonds is 2. The Morgan fingerprint density at radius 1 is 0.967 bits per heavy atom. The van der Waals surface area contributed by atoms with Gasteiger partial charge < -0.3 is 10.0 Å². The van der Waals surface area contributed by atoms with Crippen molar-refractivity contribution in [2.45, 2.75) is 6.54 Å². The number of amides is 2. The van der Waals surface area contributed by atoms with Crippen molar-refractivity contribution < 1.29 is 19.5 Å². The Morgan fingerprint density at radius 2 is 1.67 bits per heavy atom. The van der Waals surface area contributed by atoms with Gasteiger partial charge in [-0.15, -0.1) is 0 Å². The first-order valence-electron chi connectivity index (χ1n) is 9.57. The first-order valence-corrected chi connectivity index (χ1v) is 9.57. The first kappa shape index (κ1) is 18.3. The van der Waals surface area contributed by atoms with Gasteiger partial charge in [-0.2, -0.15) is 0 Å². The Labute approximate surface area is 172 Å². The number of benzene rings is 3. The van der Waals surface area contributed by atoms with Crippen LogP contribution < -0.4 is 9.80 Å². The van der Waals surface area contributed by atoms with Crippen LogP contribution in [0.4, 0.5) is 11.4 Å². The monoisotopic (exact) mass is 401 g/mol. The van der Waals surface area contributed by atoms with Gasteiger partial charge in [-0.1, -0.05) is 12.1 Å². The third kappa shape index (κ3) is 2.52. The summed E-state index contributed by atoms with van der Waals surface area (Å²) in [5, 5.41) is 10.7. The summed E-state index contributed by atoms with van der Waals surface area (Å²) in [6.45, 7) is 1.47. The molecule has 7 heteroatoms. The van der Waals surface area contributed by atoms with E-state index in [0.717, 1.165) is 28.2 Å². The van der Waals surface area contributed by atoms with Crippen molar-refractivity contribution in [1.29, 1.82) is 0 Å². The second-order valence-corrected chi connectivity index (χ2v) is 7.81. The third-order valence-electron chi connectivity index (χ3n) is 5.73. The van der Waals surface area contributed by atoms with Crippen LogP contribution >= 0.6 is 0 Å². The van der Waals surface area contributed by atoms with Crippen molar-refractivity contribution in [3.8, 4) is 0 Å². The smallest absolute Gasteiger partial charge is 0.335 e. The van der Waals surface area contributed by atoms with Gasteiger partial charge in [0.05, 0.1) is 17.9 Å². The Kier molecular flexibility index (Phi) is 3.91. The van der Waals surface area contributed by atoms with Crippen LogP contribution in [0.25, 0.3) is 10.8 Å². The van der Waals surface area contributed by atoms with Crippen LogP contribution in [0.1, 0.15) is 36.6 Å². The average Bonchev–Trinajstić information content (AvgIpc) is 2.71. The predicted molar refractivity (Wildman–Crippen MR) is 113 cm³/mol. The van der Waals surface area contributed by atoms with E-state index in [1.807, 2.05) is 32.3 Å². The molecule has 0 saturated carbocycles. The van der Waals surface area contributed by atoms with Crippen LogP contribution in [-0.4, -0.2) is 48.6 Å². The van der Waals surface area contributed by atoms with Crippen molar-refractivity contribution in [3.05, 3.63) is 70.8 Å². The number of carbonyl (C=O) groups excluding carboxylic acids is 2. The molecule has 0 radical (unpaired) electrons. The second kappa shape index (κ2) is 6.40. The molecule has 0 spiro atoms. The zero-order chi connectivity index (χ0) is 21.2. The lowest BCUT2D eigenvalue weighted by molar-refractivity contribution is 0.0696. The molecule has 30 heavy (non-hydrogen) atoms. The third-order valence-corrected chi connectivity index (χ3v) is 5.73. The van der Waals surface area contributed by atoms with Gasteiger partial charge in [0, 0.05) is 41.2 Å². The number of anilines is 2. The highest BCUT2D eigenvalue weighted by Crippen LogP contribution is 2.41. The van der Waals surface area contributed by atoms with Gasteiger partial charge in [0.2, 0.25) is 0 Å².